The minimum atomic E-state index is -0.0557. The summed E-state index contributed by atoms with van der Waals surface area (Å²) in [6, 6.07) is 10.7. The van der Waals surface area contributed by atoms with Gasteiger partial charge < -0.3 is 20.3 Å². The minimum Gasteiger partial charge on any atom is -0.492 e. The molecule has 0 aliphatic rings. The molecule has 0 atom stereocenters. The SMILES string of the molecule is [C-]#[N+]c1c(C)cc(Nc2cc(C)[nH]n2)nc1NCCOc1ccc(C(=O)N(C)C)cc1. The summed E-state index contributed by atoms with van der Waals surface area (Å²) in [6.45, 7) is 12.1. The van der Waals surface area contributed by atoms with Crippen molar-refractivity contribution in [1.82, 2.24) is 20.1 Å². The van der Waals surface area contributed by atoms with Crippen LogP contribution in [0.5, 0.6) is 5.75 Å². The van der Waals surface area contributed by atoms with Crippen molar-refractivity contribution in [2.75, 3.05) is 37.9 Å². The van der Waals surface area contributed by atoms with E-state index in [9.17, 15) is 4.79 Å². The number of nitrogens with one attached hydrogen (secondary N) is 3. The molecule has 0 bridgehead atoms. The molecule has 0 aliphatic carbocycles. The summed E-state index contributed by atoms with van der Waals surface area (Å²) in [6.07, 6.45) is 0. The largest absolute Gasteiger partial charge is 0.492 e. The van der Waals surface area contributed by atoms with Crippen LogP contribution in [0.25, 0.3) is 4.85 Å². The van der Waals surface area contributed by atoms with Crippen LogP contribution < -0.4 is 15.4 Å². The molecule has 3 rings (SSSR count). The highest BCUT2D eigenvalue weighted by Gasteiger charge is 2.11. The maximum absolute atomic E-state index is 11.9. The van der Waals surface area contributed by atoms with E-state index in [1.54, 1.807) is 38.4 Å². The molecule has 2 heterocycles. The minimum absolute atomic E-state index is 0.0557. The molecule has 0 aliphatic heterocycles. The number of ether oxygens (including phenoxy) is 1. The molecule has 0 saturated carbocycles. The van der Waals surface area contributed by atoms with Crippen molar-refractivity contribution >= 4 is 29.0 Å². The van der Waals surface area contributed by atoms with Gasteiger partial charge >= 0.3 is 0 Å². The number of anilines is 3. The Bertz CT molecular complexity index is 1100. The van der Waals surface area contributed by atoms with Gasteiger partial charge in [0.25, 0.3) is 5.91 Å². The van der Waals surface area contributed by atoms with E-state index in [1.165, 1.54) is 4.90 Å². The Kier molecular flexibility index (Phi) is 6.72. The molecule has 31 heavy (non-hydrogen) atoms. The van der Waals surface area contributed by atoms with E-state index >= 15 is 0 Å². The van der Waals surface area contributed by atoms with Crippen LogP contribution in [0.2, 0.25) is 0 Å². The first-order chi connectivity index (χ1) is 14.9. The fraction of sp³-hybridized carbons (Fsp3) is 0.273. The molecule has 3 N–H and O–H groups in total. The summed E-state index contributed by atoms with van der Waals surface area (Å²) in [5.41, 5.74) is 2.82. The predicted molar refractivity (Wildman–Crippen MR) is 120 cm³/mol. The summed E-state index contributed by atoms with van der Waals surface area (Å²) in [7, 11) is 3.43. The highest BCUT2D eigenvalue weighted by molar-refractivity contribution is 5.93. The number of hydrogen-bond donors (Lipinski definition) is 3. The van der Waals surface area contributed by atoms with E-state index in [2.05, 4.69) is 30.7 Å². The number of nitrogens with zero attached hydrogens (tertiary/aromatic N) is 4. The monoisotopic (exact) mass is 419 g/mol. The van der Waals surface area contributed by atoms with Crippen LogP contribution in [0.15, 0.2) is 36.4 Å². The molecule has 2 aromatic heterocycles. The van der Waals surface area contributed by atoms with Crippen LogP contribution in [-0.2, 0) is 0 Å². The lowest BCUT2D eigenvalue weighted by Gasteiger charge is -2.13. The zero-order valence-electron chi connectivity index (χ0n) is 18.0. The second-order valence-corrected chi connectivity index (χ2v) is 7.19. The summed E-state index contributed by atoms with van der Waals surface area (Å²) in [5.74, 6) is 2.35. The number of pyridine rings is 1. The third-order valence-corrected chi connectivity index (χ3v) is 4.43. The Hall–Kier alpha value is -4.06. The van der Waals surface area contributed by atoms with Crippen LogP contribution >= 0.6 is 0 Å². The van der Waals surface area contributed by atoms with E-state index < -0.39 is 0 Å². The lowest BCUT2D eigenvalue weighted by Crippen LogP contribution is -2.21. The van der Waals surface area contributed by atoms with E-state index in [1.807, 2.05) is 26.0 Å². The number of rotatable bonds is 8. The lowest BCUT2D eigenvalue weighted by atomic mass is 10.2. The topological polar surface area (TPSA) is 99.5 Å². The maximum atomic E-state index is 11.9. The smallest absolute Gasteiger partial charge is 0.253 e. The number of aromatic amines is 1. The highest BCUT2D eigenvalue weighted by Crippen LogP contribution is 2.30. The first kappa shape index (κ1) is 21.6. The Balaban J connectivity index is 1.60. The maximum Gasteiger partial charge on any atom is 0.253 e. The molecule has 1 aromatic carbocycles. The molecule has 9 nitrogen and oxygen atoms in total. The number of amides is 1. The Morgan fingerprint density at radius 1 is 1.19 bits per heavy atom. The third kappa shape index (κ3) is 5.51. The Morgan fingerprint density at radius 3 is 2.55 bits per heavy atom. The highest BCUT2D eigenvalue weighted by atomic mass is 16.5. The summed E-state index contributed by atoms with van der Waals surface area (Å²) in [5, 5.41) is 13.3. The van der Waals surface area contributed by atoms with Crippen molar-refractivity contribution in [2.45, 2.75) is 13.8 Å². The molecular formula is C22H25N7O2. The van der Waals surface area contributed by atoms with Crippen LogP contribution in [0.3, 0.4) is 0 Å². The van der Waals surface area contributed by atoms with Crippen molar-refractivity contribution in [3.05, 3.63) is 64.6 Å². The average molecular weight is 419 g/mol. The van der Waals surface area contributed by atoms with Gasteiger partial charge in [-0.1, -0.05) is 0 Å². The van der Waals surface area contributed by atoms with Crippen LogP contribution in [0.1, 0.15) is 21.6 Å². The Morgan fingerprint density at radius 2 is 1.94 bits per heavy atom. The van der Waals surface area contributed by atoms with Crippen LogP contribution in [0, 0.1) is 20.4 Å². The molecule has 0 spiro atoms. The zero-order chi connectivity index (χ0) is 22.4. The molecule has 1 amide bonds. The van der Waals surface area contributed by atoms with Crippen LogP contribution in [-0.4, -0.2) is 53.2 Å². The normalized spacial score (nSPS) is 10.3. The fourth-order valence-corrected chi connectivity index (χ4v) is 2.90. The average Bonchev–Trinajstić information content (AvgIpc) is 3.15. The van der Waals surface area contributed by atoms with Crippen molar-refractivity contribution in [3.63, 3.8) is 0 Å². The number of benzene rings is 1. The van der Waals surface area contributed by atoms with Gasteiger partial charge in [-0.05, 0) is 49.7 Å². The number of carbonyl (C=O) groups excluding carboxylic acids is 1. The third-order valence-electron chi connectivity index (χ3n) is 4.43. The first-order valence-corrected chi connectivity index (χ1v) is 9.74. The molecular weight excluding hydrogens is 394 g/mol. The second-order valence-electron chi connectivity index (χ2n) is 7.19. The number of H-pyrrole nitrogens is 1. The van der Waals surface area contributed by atoms with Gasteiger partial charge in [0.15, 0.2) is 5.82 Å². The van der Waals surface area contributed by atoms with Gasteiger partial charge in [-0.15, -0.1) is 0 Å². The van der Waals surface area contributed by atoms with Gasteiger partial charge in [0.05, 0.1) is 6.57 Å². The standard InChI is InChI=1S/C22H25N7O2/c1-14-12-18(25-19-13-15(2)27-28-19)26-21(20(14)23-3)24-10-11-31-17-8-6-16(7-9-17)22(30)29(4)5/h6-9,12-13H,10-11H2,1-2,4-5H3,(H3,24,25,26,27,28). The number of aromatic nitrogens is 3. The van der Waals surface area contributed by atoms with Crippen LogP contribution in [0.4, 0.5) is 23.1 Å². The predicted octanol–water partition coefficient (Wildman–Crippen LogP) is 3.91. The molecule has 160 valence electrons. The summed E-state index contributed by atoms with van der Waals surface area (Å²) < 4.78 is 5.73. The molecule has 0 saturated heterocycles. The van der Waals surface area contributed by atoms with Crippen molar-refractivity contribution in [1.29, 1.82) is 0 Å². The van der Waals surface area contributed by atoms with Crippen molar-refractivity contribution in [3.8, 4) is 5.75 Å². The van der Waals surface area contributed by atoms with Gasteiger partial charge in [-0.3, -0.25) is 9.89 Å². The van der Waals surface area contributed by atoms with E-state index in [4.69, 9.17) is 11.3 Å². The summed E-state index contributed by atoms with van der Waals surface area (Å²) in [4.78, 5) is 21.6. The van der Waals surface area contributed by atoms with Gasteiger partial charge in [0, 0.05) is 38.0 Å². The number of hydrogen-bond acceptors (Lipinski definition) is 6. The zero-order valence-corrected chi connectivity index (χ0v) is 18.0. The molecule has 3 aromatic rings. The summed E-state index contributed by atoms with van der Waals surface area (Å²) >= 11 is 0. The van der Waals surface area contributed by atoms with Gasteiger partial charge in [0.1, 0.15) is 24.0 Å². The van der Waals surface area contributed by atoms with Gasteiger partial charge in [-0.25, -0.2) is 9.83 Å². The number of carbonyl (C=O) groups is 1. The molecule has 0 radical (unpaired) electrons. The van der Waals surface area contributed by atoms with Crippen molar-refractivity contribution < 1.29 is 9.53 Å². The van der Waals surface area contributed by atoms with Gasteiger partial charge in [0.2, 0.25) is 5.69 Å². The van der Waals surface area contributed by atoms with Gasteiger partial charge in [-0.2, -0.15) is 5.10 Å². The molecule has 9 heteroatoms. The second kappa shape index (κ2) is 9.63. The Labute approximate surface area is 181 Å². The van der Waals surface area contributed by atoms with Crippen molar-refractivity contribution in [2.24, 2.45) is 0 Å². The van der Waals surface area contributed by atoms with E-state index in [0.29, 0.717) is 47.6 Å². The lowest BCUT2D eigenvalue weighted by molar-refractivity contribution is 0.0827. The number of aryl methyl sites for hydroxylation is 2. The molecule has 0 fully saturated rings. The first-order valence-electron chi connectivity index (χ1n) is 9.74. The van der Waals surface area contributed by atoms with E-state index in [-0.39, 0.29) is 5.91 Å². The fourth-order valence-electron chi connectivity index (χ4n) is 2.90. The van der Waals surface area contributed by atoms with E-state index in [0.717, 1.165) is 11.3 Å². The molecule has 0 unspecified atom stereocenters. The quantitative estimate of drug-likeness (QED) is 0.378.